The molecule has 0 saturated carbocycles. The molecule has 0 aromatic carbocycles. The molecule has 1 saturated heterocycles. The first-order valence-electron chi connectivity index (χ1n) is 26.7. The lowest BCUT2D eigenvalue weighted by molar-refractivity contribution is -0.302. The Hall–Kier alpha value is -1.59. The molecule has 0 aliphatic carbocycles. The van der Waals surface area contributed by atoms with Gasteiger partial charge in [0.25, 0.3) is 0 Å². The lowest BCUT2D eigenvalue weighted by atomic mass is 9.99. The summed E-state index contributed by atoms with van der Waals surface area (Å²) in [6.07, 6.45) is 49.6. The second kappa shape index (κ2) is 44.3. The van der Waals surface area contributed by atoms with Crippen LogP contribution in [0.2, 0.25) is 0 Å². The fraction of sp³-hybridized carbons (Fsp3) is 0.870. The maximum absolute atomic E-state index is 13.0. The van der Waals surface area contributed by atoms with Gasteiger partial charge in [-0.25, -0.2) is 0 Å². The van der Waals surface area contributed by atoms with Crippen LogP contribution in [0.25, 0.3) is 0 Å². The molecule has 9 heteroatoms. The van der Waals surface area contributed by atoms with E-state index in [1.807, 2.05) is 6.08 Å². The standard InChI is InChI=1S/C54H101NO8/c1-3-5-7-9-11-13-14-15-16-17-18-19-20-21-22-23-24-25-26-27-28-29-30-31-32-33-34-36-38-40-42-44-50(58)55-47(48(57)43-41-39-37-35-12-10-8-6-4-2)46-62-54-53(61)52(60)51(59)49(45-56)63-54/h12,17-18,35,41,43,47-49,51-54,56-57,59-61H,3-11,13-16,19-34,36-40,42,44-46H2,1-2H3,(H,55,58)/b18-17-,35-12+,43-41+. The van der Waals surface area contributed by atoms with Crippen molar-refractivity contribution in [1.29, 1.82) is 0 Å². The molecule has 63 heavy (non-hydrogen) atoms. The third kappa shape index (κ3) is 34.4. The molecule has 0 radical (unpaired) electrons. The minimum absolute atomic E-state index is 0.187. The predicted molar refractivity (Wildman–Crippen MR) is 263 cm³/mol. The van der Waals surface area contributed by atoms with Gasteiger partial charge in [0.2, 0.25) is 5.91 Å². The van der Waals surface area contributed by atoms with Crippen molar-refractivity contribution in [2.45, 2.75) is 288 Å². The van der Waals surface area contributed by atoms with Crippen molar-refractivity contribution in [3.8, 4) is 0 Å². The summed E-state index contributed by atoms with van der Waals surface area (Å²) in [5.41, 5.74) is 0. The summed E-state index contributed by atoms with van der Waals surface area (Å²) < 4.78 is 11.2. The quantitative estimate of drug-likeness (QED) is 0.0261. The molecule has 6 N–H and O–H groups in total. The normalized spacial score (nSPS) is 20.4. The first kappa shape index (κ1) is 59.4. The van der Waals surface area contributed by atoms with Crippen LogP contribution in [0.4, 0.5) is 0 Å². The minimum Gasteiger partial charge on any atom is -0.394 e. The van der Waals surface area contributed by atoms with Crippen molar-refractivity contribution in [1.82, 2.24) is 5.32 Å². The van der Waals surface area contributed by atoms with Crippen molar-refractivity contribution in [2.24, 2.45) is 0 Å². The van der Waals surface area contributed by atoms with E-state index in [9.17, 15) is 30.3 Å². The van der Waals surface area contributed by atoms with Gasteiger partial charge < -0.3 is 40.3 Å². The molecular formula is C54H101NO8. The predicted octanol–water partition coefficient (Wildman–Crippen LogP) is 12.4. The molecule has 1 heterocycles. The number of unbranched alkanes of at least 4 members (excludes halogenated alkanes) is 31. The van der Waals surface area contributed by atoms with Gasteiger partial charge in [-0.3, -0.25) is 4.79 Å². The molecule has 1 rings (SSSR count). The smallest absolute Gasteiger partial charge is 0.220 e. The molecular weight excluding hydrogens is 791 g/mol. The van der Waals surface area contributed by atoms with E-state index in [2.05, 4.69) is 43.5 Å². The SMILES string of the molecule is CCCCC/C=C/CC/C=C/C(O)C(COC1OC(CO)C(O)C(O)C1O)NC(=O)CCCCCCCCCCCCCCCCCCCCC/C=C\CCCCCCCCCC. The molecule has 0 bridgehead atoms. The fourth-order valence-corrected chi connectivity index (χ4v) is 8.40. The average Bonchev–Trinajstić information content (AvgIpc) is 3.28. The number of carbonyl (C=O) groups excluding carboxylic acids is 1. The lowest BCUT2D eigenvalue weighted by Gasteiger charge is -2.40. The highest BCUT2D eigenvalue weighted by atomic mass is 16.7. The van der Waals surface area contributed by atoms with Gasteiger partial charge in [0.15, 0.2) is 6.29 Å². The Labute approximate surface area is 387 Å². The second-order valence-corrected chi connectivity index (χ2v) is 18.7. The van der Waals surface area contributed by atoms with Crippen molar-refractivity contribution < 1.29 is 39.8 Å². The van der Waals surface area contributed by atoms with Crippen LogP contribution < -0.4 is 5.32 Å². The number of carbonyl (C=O) groups is 1. The van der Waals surface area contributed by atoms with E-state index < -0.39 is 49.5 Å². The number of allylic oxidation sites excluding steroid dienone is 5. The topological polar surface area (TPSA) is 149 Å². The Balaban J connectivity index is 2.09. The number of aliphatic hydroxyl groups is 5. The van der Waals surface area contributed by atoms with E-state index in [4.69, 9.17) is 9.47 Å². The molecule has 9 nitrogen and oxygen atoms in total. The molecule has 1 amide bonds. The molecule has 0 aromatic heterocycles. The first-order chi connectivity index (χ1) is 30.8. The van der Waals surface area contributed by atoms with E-state index in [1.165, 1.54) is 186 Å². The Morgan fingerprint density at radius 1 is 0.524 bits per heavy atom. The third-order valence-corrected chi connectivity index (χ3v) is 12.7. The molecule has 0 aromatic rings. The van der Waals surface area contributed by atoms with Gasteiger partial charge in [-0.15, -0.1) is 0 Å². The number of hydrogen-bond acceptors (Lipinski definition) is 8. The van der Waals surface area contributed by atoms with E-state index in [1.54, 1.807) is 6.08 Å². The summed E-state index contributed by atoms with van der Waals surface area (Å²) in [6, 6.07) is -0.817. The highest BCUT2D eigenvalue weighted by Crippen LogP contribution is 2.23. The van der Waals surface area contributed by atoms with Gasteiger partial charge in [0, 0.05) is 6.42 Å². The van der Waals surface area contributed by atoms with E-state index in [-0.39, 0.29) is 12.5 Å². The molecule has 0 spiro atoms. The van der Waals surface area contributed by atoms with Gasteiger partial charge >= 0.3 is 0 Å². The maximum Gasteiger partial charge on any atom is 0.220 e. The first-order valence-corrected chi connectivity index (χ1v) is 26.7. The van der Waals surface area contributed by atoms with Gasteiger partial charge in [-0.1, -0.05) is 217 Å². The zero-order chi connectivity index (χ0) is 45.9. The van der Waals surface area contributed by atoms with Crippen LogP contribution in [0, 0.1) is 0 Å². The number of nitrogens with one attached hydrogen (secondary N) is 1. The summed E-state index contributed by atoms with van der Waals surface area (Å²) >= 11 is 0. The van der Waals surface area contributed by atoms with Crippen LogP contribution in [0.15, 0.2) is 36.5 Å². The second-order valence-electron chi connectivity index (χ2n) is 18.7. The highest BCUT2D eigenvalue weighted by molar-refractivity contribution is 5.76. The Morgan fingerprint density at radius 3 is 1.37 bits per heavy atom. The largest absolute Gasteiger partial charge is 0.394 e. The zero-order valence-electron chi connectivity index (χ0n) is 40.8. The molecule has 7 unspecified atom stereocenters. The fourth-order valence-electron chi connectivity index (χ4n) is 8.40. The van der Waals surface area contributed by atoms with Crippen LogP contribution in [0.1, 0.15) is 245 Å². The average molecular weight is 892 g/mol. The highest BCUT2D eigenvalue weighted by Gasteiger charge is 2.44. The van der Waals surface area contributed by atoms with E-state index >= 15 is 0 Å². The summed E-state index contributed by atoms with van der Waals surface area (Å²) in [6.45, 7) is 3.71. The van der Waals surface area contributed by atoms with E-state index in [0.717, 1.165) is 38.5 Å². The number of amides is 1. The van der Waals surface area contributed by atoms with Crippen LogP contribution in [0.3, 0.4) is 0 Å². The van der Waals surface area contributed by atoms with Gasteiger partial charge in [-0.2, -0.15) is 0 Å². The summed E-state index contributed by atoms with van der Waals surface area (Å²) in [4.78, 5) is 13.0. The Morgan fingerprint density at radius 2 is 0.905 bits per heavy atom. The summed E-state index contributed by atoms with van der Waals surface area (Å²) in [7, 11) is 0. The van der Waals surface area contributed by atoms with Crippen molar-refractivity contribution in [2.75, 3.05) is 13.2 Å². The van der Waals surface area contributed by atoms with Crippen LogP contribution in [0.5, 0.6) is 0 Å². The zero-order valence-corrected chi connectivity index (χ0v) is 40.8. The van der Waals surface area contributed by atoms with Crippen molar-refractivity contribution >= 4 is 5.91 Å². The number of ether oxygens (including phenoxy) is 2. The van der Waals surface area contributed by atoms with Gasteiger partial charge in [-0.05, 0) is 57.8 Å². The van der Waals surface area contributed by atoms with Gasteiger partial charge in [0.1, 0.15) is 24.4 Å². The monoisotopic (exact) mass is 892 g/mol. The summed E-state index contributed by atoms with van der Waals surface area (Å²) in [5.74, 6) is -0.187. The van der Waals surface area contributed by atoms with Crippen LogP contribution >= 0.6 is 0 Å². The molecule has 1 fully saturated rings. The van der Waals surface area contributed by atoms with Crippen LogP contribution in [-0.4, -0.2) is 87.5 Å². The van der Waals surface area contributed by atoms with Crippen LogP contribution in [-0.2, 0) is 14.3 Å². The number of aliphatic hydroxyl groups excluding tert-OH is 5. The lowest BCUT2D eigenvalue weighted by Crippen LogP contribution is -2.60. The maximum atomic E-state index is 13.0. The Bertz CT molecular complexity index is 1080. The summed E-state index contributed by atoms with van der Waals surface area (Å²) in [5, 5.41) is 54.1. The Kier molecular flexibility index (Phi) is 41.7. The number of rotatable bonds is 45. The molecule has 1 aliphatic rings. The van der Waals surface area contributed by atoms with Gasteiger partial charge in [0.05, 0.1) is 25.4 Å². The molecule has 7 atom stereocenters. The molecule has 370 valence electrons. The third-order valence-electron chi connectivity index (χ3n) is 12.7. The van der Waals surface area contributed by atoms with Crippen molar-refractivity contribution in [3.63, 3.8) is 0 Å². The number of hydrogen-bond donors (Lipinski definition) is 6. The minimum atomic E-state index is -1.57. The van der Waals surface area contributed by atoms with Crippen molar-refractivity contribution in [3.05, 3.63) is 36.5 Å². The molecule has 1 aliphatic heterocycles. The van der Waals surface area contributed by atoms with E-state index in [0.29, 0.717) is 6.42 Å².